The van der Waals surface area contributed by atoms with Crippen LogP contribution in [0.1, 0.15) is 23.2 Å². The van der Waals surface area contributed by atoms with Gasteiger partial charge in [0.2, 0.25) is 11.7 Å². The van der Waals surface area contributed by atoms with Crippen LogP contribution in [0.2, 0.25) is 0 Å². The van der Waals surface area contributed by atoms with Gasteiger partial charge in [-0.3, -0.25) is 19.7 Å². The van der Waals surface area contributed by atoms with Gasteiger partial charge in [-0.1, -0.05) is 0 Å². The first-order chi connectivity index (χ1) is 12.8. The first-order valence-corrected chi connectivity index (χ1v) is 7.75. The number of benzene rings is 2. The van der Waals surface area contributed by atoms with Crippen molar-refractivity contribution in [2.75, 3.05) is 11.9 Å². The molecule has 2 rings (SSSR count). The minimum Gasteiger partial charge on any atom is -0.352 e. The first-order valence-electron chi connectivity index (χ1n) is 7.75. The maximum Gasteiger partial charge on any atom is 0.306 e. The number of rotatable bonds is 7. The molecule has 0 bridgehead atoms. The molecular weight excluding hydrogens is 367 g/mol. The van der Waals surface area contributed by atoms with Crippen LogP contribution in [0.3, 0.4) is 0 Å². The topological polar surface area (TPSA) is 101 Å². The molecule has 7 nitrogen and oxygen atoms in total. The maximum atomic E-state index is 13.5. The van der Waals surface area contributed by atoms with Crippen LogP contribution in [0.25, 0.3) is 0 Å². The van der Waals surface area contributed by atoms with E-state index in [0.29, 0.717) is 6.07 Å². The Morgan fingerprint density at radius 3 is 2.44 bits per heavy atom. The van der Waals surface area contributed by atoms with Gasteiger partial charge >= 0.3 is 5.69 Å². The molecule has 0 spiro atoms. The lowest BCUT2D eigenvalue weighted by atomic mass is 10.2. The molecule has 2 aromatic rings. The lowest BCUT2D eigenvalue weighted by Crippen LogP contribution is -2.26. The van der Waals surface area contributed by atoms with Gasteiger partial charge in [0.15, 0.2) is 0 Å². The molecule has 0 aliphatic carbocycles. The van der Waals surface area contributed by atoms with Crippen molar-refractivity contribution in [3.8, 4) is 0 Å². The highest BCUT2D eigenvalue weighted by atomic mass is 19.1. The number of hydrogen-bond acceptors (Lipinski definition) is 4. The molecule has 10 heteroatoms. The number of carbonyl (C=O) groups is 2. The van der Waals surface area contributed by atoms with E-state index in [4.69, 9.17) is 0 Å². The molecule has 0 radical (unpaired) electrons. The Kier molecular flexibility index (Phi) is 6.47. The summed E-state index contributed by atoms with van der Waals surface area (Å²) in [5.74, 6) is -4.07. The number of halogens is 3. The van der Waals surface area contributed by atoms with Crippen LogP contribution in [0.4, 0.5) is 24.5 Å². The smallest absolute Gasteiger partial charge is 0.306 e. The molecule has 0 aliphatic rings. The van der Waals surface area contributed by atoms with Gasteiger partial charge in [-0.2, -0.15) is 4.39 Å². The third kappa shape index (κ3) is 5.53. The Bertz CT molecular complexity index is 890. The predicted molar refractivity (Wildman–Crippen MR) is 89.6 cm³/mol. The zero-order chi connectivity index (χ0) is 20.0. The number of nitrogens with one attached hydrogen (secondary N) is 2. The average Bonchev–Trinajstić information content (AvgIpc) is 2.60. The van der Waals surface area contributed by atoms with Gasteiger partial charge in [-0.15, -0.1) is 0 Å². The Morgan fingerprint density at radius 1 is 1.04 bits per heavy atom. The molecule has 2 aromatic carbocycles. The van der Waals surface area contributed by atoms with E-state index in [9.17, 15) is 32.9 Å². The molecule has 27 heavy (non-hydrogen) atoms. The molecule has 0 aliphatic heterocycles. The molecule has 0 unspecified atom stereocenters. The monoisotopic (exact) mass is 381 g/mol. The number of hydrogen-bond donors (Lipinski definition) is 2. The minimum absolute atomic E-state index is 0.0443. The van der Waals surface area contributed by atoms with E-state index in [1.54, 1.807) is 0 Å². The van der Waals surface area contributed by atoms with E-state index in [2.05, 4.69) is 10.6 Å². The van der Waals surface area contributed by atoms with Crippen LogP contribution in [0.5, 0.6) is 0 Å². The van der Waals surface area contributed by atoms with Crippen LogP contribution in [-0.4, -0.2) is 23.3 Å². The van der Waals surface area contributed by atoms with Crippen LogP contribution in [0, 0.1) is 27.6 Å². The fourth-order valence-electron chi connectivity index (χ4n) is 2.17. The van der Waals surface area contributed by atoms with E-state index >= 15 is 0 Å². The maximum absolute atomic E-state index is 13.5. The minimum atomic E-state index is -1.02. The third-order valence-electron chi connectivity index (χ3n) is 3.47. The van der Waals surface area contributed by atoms with Gasteiger partial charge in [0.05, 0.1) is 10.5 Å². The van der Waals surface area contributed by atoms with Crippen LogP contribution in [0.15, 0.2) is 36.4 Å². The lowest BCUT2D eigenvalue weighted by molar-refractivity contribution is -0.387. The molecule has 0 atom stereocenters. The van der Waals surface area contributed by atoms with Crippen molar-refractivity contribution in [2.24, 2.45) is 0 Å². The molecule has 0 aromatic heterocycles. The summed E-state index contributed by atoms with van der Waals surface area (Å²) in [6.45, 7) is 0.0482. The Labute approximate surface area is 151 Å². The second kappa shape index (κ2) is 8.79. The Hall–Kier alpha value is -3.43. The number of nitro groups is 1. The number of carbonyl (C=O) groups excluding carboxylic acids is 2. The lowest BCUT2D eigenvalue weighted by Gasteiger charge is -2.07. The molecule has 0 saturated carbocycles. The fraction of sp³-hybridized carbons (Fsp3) is 0.176. The van der Waals surface area contributed by atoms with Crippen molar-refractivity contribution in [3.05, 3.63) is 69.5 Å². The zero-order valence-corrected chi connectivity index (χ0v) is 13.8. The van der Waals surface area contributed by atoms with E-state index in [1.807, 2.05) is 0 Å². The van der Waals surface area contributed by atoms with Gasteiger partial charge in [0.25, 0.3) is 5.91 Å². The van der Waals surface area contributed by atoms with E-state index in [1.165, 1.54) is 6.07 Å². The largest absolute Gasteiger partial charge is 0.352 e. The van der Waals surface area contributed by atoms with Crippen molar-refractivity contribution in [1.82, 2.24) is 5.32 Å². The molecule has 0 saturated heterocycles. The Morgan fingerprint density at radius 2 is 1.78 bits per heavy atom. The summed E-state index contributed by atoms with van der Waals surface area (Å²) in [7, 11) is 0. The van der Waals surface area contributed by atoms with Crippen LogP contribution >= 0.6 is 0 Å². The molecule has 2 N–H and O–H groups in total. The second-order valence-corrected chi connectivity index (χ2v) is 5.46. The summed E-state index contributed by atoms with van der Waals surface area (Å²) in [5, 5.41) is 15.4. The summed E-state index contributed by atoms with van der Waals surface area (Å²) < 4.78 is 39.5. The summed E-state index contributed by atoms with van der Waals surface area (Å²) >= 11 is 0. The average molecular weight is 381 g/mol. The highest BCUT2D eigenvalue weighted by Gasteiger charge is 2.15. The van der Waals surface area contributed by atoms with E-state index in [-0.39, 0.29) is 30.6 Å². The third-order valence-corrected chi connectivity index (χ3v) is 3.47. The summed E-state index contributed by atoms with van der Waals surface area (Å²) in [6, 6.07) is 5.49. The summed E-state index contributed by atoms with van der Waals surface area (Å²) in [4.78, 5) is 33.3. The standard InChI is InChI=1S/C17H14F3N3O4/c18-10-3-5-12(14(20)8-10)17(25)21-7-1-2-16(24)22-11-4-6-13(19)15(9-11)23(26)27/h3-6,8-9H,1-2,7H2,(H,21,25)(H,22,24). The van der Waals surface area contributed by atoms with Crippen molar-refractivity contribution in [2.45, 2.75) is 12.8 Å². The van der Waals surface area contributed by atoms with Crippen molar-refractivity contribution >= 4 is 23.2 Å². The SMILES string of the molecule is O=C(CCCNC(=O)c1ccc(F)cc1F)Nc1ccc(F)c([N+](=O)[O-])c1. The number of nitrogens with zero attached hydrogens (tertiary/aromatic N) is 1. The Balaban J connectivity index is 1.80. The highest BCUT2D eigenvalue weighted by Crippen LogP contribution is 2.21. The fourth-order valence-corrected chi connectivity index (χ4v) is 2.17. The van der Waals surface area contributed by atoms with Gasteiger partial charge in [-0.05, 0) is 30.7 Å². The number of amides is 2. The summed E-state index contributed by atoms with van der Waals surface area (Å²) in [5.41, 5.74) is -1.02. The number of nitro benzene ring substituents is 1. The van der Waals surface area contributed by atoms with Gasteiger partial charge in [0, 0.05) is 30.8 Å². The van der Waals surface area contributed by atoms with Crippen molar-refractivity contribution in [1.29, 1.82) is 0 Å². The molecule has 0 fully saturated rings. The van der Waals surface area contributed by atoms with Crippen LogP contribution in [-0.2, 0) is 4.79 Å². The number of anilines is 1. The predicted octanol–water partition coefficient (Wildman–Crippen LogP) is 3.16. The van der Waals surface area contributed by atoms with E-state index < -0.39 is 39.9 Å². The van der Waals surface area contributed by atoms with Crippen LogP contribution < -0.4 is 10.6 Å². The first kappa shape index (κ1) is 19.9. The molecule has 142 valence electrons. The highest BCUT2D eigenvalue weighted by molar-refractivity contribution is 5.94. The summed E-state index contributed by atoms with van der Waals surface area (Å²) in [6.07, 6.45) is 0.154. The van der Waals surface area contributed by atoms with E-state index in [0.717, 1.165) is 24.3 Å². The zero-order valence-electron chi connectivity index (χ0n) is 13.8. The van der Waals surface area contributed by atoms with Gasteiger partial charge < -0.3 is 10.6 Å². The molecule has 0 heterocycles. The normalized spacial score (nSPS) is 10.3. The van der Waals surface area contributed by atoms with Crippen molar-refractivity contribution in [3.63, 3.8) is 0 Å². The quantitative estimate of drug-likeness (QED) is 0.437. The van der Waals surface area contributed by atoms with Crippen molar-refractivity contribution < 1.29 is 27.7 Å². The van der Waals surface area contributed by atoms with Gasteiger partial charge in [-0.25, -0.2) is 8.78 Å². The molecular formula is C17H14F3N3O4. The van der Waals surface area contributed by atoms with Gasteiger partial charge in [0.1, 0.15) is 11.6 Å². The second-order valence-electron chi connectivity index (χ2n) is 5.46. The molecule has 2 amide bonds.